The third-order valence-electron chi connectivity index (χ3n) is 6.49. The molecule has 1 aliphatic rings. The van der Waals surface area contributed by atoms with Gasteiger partial charge in [0.05, 0.1) is 18.2 Å². The maximum atomic E-state index is 13.4. The van der Waals surface area contributed by atoms with E-state index >= 15 is 0 Å². The number of ether oxygens (including phenoxy) is 1. The molecule has 1 unspecified atom stereocenters. The van der Waals surface area contributed by atoms with Gasteiger partial charge < -0.3 is 19.6 Å². The largest absolute Gasteiger partial charge is 0.503 e. The molecule has 0 radical (unpaired) electrons. The lowest BCUT2D eigenvalue weighted by molar-refractivity contribution is -0.129. The highest BCUT2D eigenvalue weighted by molar-refractivity contribution is 6.14. The summed E-state index contributed by atoms with van der Waals surface area (Å²) in [6.45, 7) is 11.8. The molecule has 0 saturated heterocycles. The fourth-order valence-corrected chi connectivity index (χ4v) is 4.28. The summed E-state index contributed by atoms with van der Waals surface area (Å²) in [6, 6.07) is 16.3. The Labute approximate surface area is 214 Å². The minimum Gasteiger partial charge on any atom is -0.503 e. The number of hydrogen-bond acceptors (Lipinski definition) is 5. The van der Waals surface area contributed by atoms with Gasteiger partial charge in [-0.05, 0) is 54.8 Å². The van der Waals surface area contributed by atoms with Crippen LogP contribution in [-0.2, 0) is 9.59 Å². The molecule has 1 amide bonds. The molecule has 0 bridgehead atoms. The highest BCUT2D eigenvalue weighted by Gasteiger charge is 2.42. The van der Waals surface area contributed by atoms with Gasteiger partial charge in [0.15, 0.2) is 11.5 Å². The molecular weight excluding hydrogens is 452 g/mol. The molecule has 1 heterocycles. The molecule has 0 fully saturated rings. The van der Waals surface area contributed by atoms with E-state index < -0.39 is 17.7 Å². The number of aliphatic hydroxyl groups excluding tert-OH is 1. The number of hydrogen-bond donors (Lipinski definition) is 1. The van der Waals surface area contributed by atoms with Crippen molar-refractivity contribution in [2.75, 3.05) is 32.8 Å². The average molecular weight is 491 g/mol. The molecule has 36 heavy (non-hydrogen) atoms. The molecule has 6 heteroatoms. The van der Waals surface area contributed by atoms with Gasteiger partial charge in [0.1, 0.15) is 5.75 Å². The number of nitrogens with zero attached hydrogens (tertiary/aromatic N) is 2. The predicted octanol–water partition coefficient (Wildman–Crippen LogP) is 5.43. The molecule has 1 N–H and O–H groups in total. The Morgan fingerprint density at radius 1 is 1.11 bits per heavy atom. The fraction of sp³-hybridized carbons (Fsp3) is 0.400. The van der Waals surface area contributed by atoms with Crippen LogP contribution in [0.4, 0.5) is 0 Å². The van der Waals surface area contributed by atoms with Gasteiger partial charge in [0.25, 0.3) is 5.91 Å². The number of carbonyl (C=O) groups excluding carboxylic acids is 2. The zero-order valence-corrected chi connectivity index (χ0v) is 21.8. The lowest BCUT2D eigenvalue weighted by atomic mass is 9.95. The van der Waals surface area contributed by atoms with Crippen LogP contribution in [0.5, 0.6) is 5.75 Å². The van der Waals surface area contributed by atoms with Crippen LogP contribution in [0.25, 0.3) is 6.08 Å². The van der Waals surface area contributed by atoms with Gasteiger partial charge in [-0.1, -0.05) is 76.2 Å². The van der Waals surface area contributed by atoms with Crippen LogP contribution in [0.3, 0.4) is 0 Å². The summed E-state index contributed by atoms with van der Waals surface area (Å²) < 4.78 is 5.95. The second-order valence-electron chi connectivity index (χ2n) is 9.40. The number of allylic oxidation sites excluding steroid dienone is 1. The first-order valence-electron chi connectivity index (χ1n) is 12.8. The maximum Gasteiger partial charge on any atom is 0.290 e. The third kappa shape index (κ3) is 6.85. The van der Waals surface area contributed by atoms with Crippen LogP contribution in [0, 0.1) is 5.92 Å². The summed E-state index contributed by atoms with van der Waals surface area (Å²) in [4.78, 5) is 30.4. The molecule has 6 nitrogen and oxygen atoms in total. The number of benzene rings is 2. The molecule has 1 aliphatic heterocycles. The number of amides is 1. The summed E-state index contributed by atoms with van der Waals surface area (Å²) in [6.07, 6.45) is 4.06. The van der Waals surface area contributed by atoms with Gasteiger partial charge in [-0.2, -0.15) is 0 Å². The second-order valence-corrected chi connectivity index (χ2v) is 9.40. The van der Waals surface area contributed by atoms with Gasteiger partial charge in [-0.3, -0.25) is 9.59 Å². The van der Waals surface area contributed by atoms with Gasteiger partial charge in [0.2, 0.25) is 0 Å². The van der Waals surface area contributed by atoms with Crippen LogP contribution >= 0.6 is 0 Å². The summed E-state index contributed by atoms with van der Waals surface area (Å²) in [5.41, 5.74) is 1.71. The SMILES string of the molecule is CCN(CC)CCN1C(=O)C(O)=C(C(=O)C=Cc2ccccc2)C1c1cccc(OCCC(C)C)c1. The fourth-order valence-electron chi connectivity index (χ4n) is 4.28. The zero-order valence-electron chi connectivity index (χ0n) is 21.8. The van der Waals surface area contributed by atoms with Crippen molar-refractivity contribution in [2.45, 2.75) is 40.2 Å². The lowest BCUT2D eigenvalue weighted by Gasteiger charge is -2.29. The minimum atomic E-state index is -0.686. The topological polar surface area (TPSA) is 70.1 Å². The van der Waals surface area contributed by atoms with Crippen LogP contribution < -0.4 is 4.74 Å². The molecule has 0 aromatic heterocycles. The van der Waals surface area contributed by atoms with E-state index in [9.17, 15) is 14.7 Å². The summed E-state index contributed by atoms with van der Waals surface area (Å²) in [7, 11) is 0. The molecule has 0 saturated carbocycles. The van der Waals surface area contributed by atoms with Gasteiger partial charge >= 0.3 is 0 Å². The van der Waals surface area contributed by atoms with Crippen molar-refractivity contribution in [1.29, 1.82) is 0 Å². The monoisotopic (exact) mass is 490 g/mol. The predicted molar refractivity (Wildman–Crippen MR) is 144 cm³/mol. The van der Waals surface area contributed by atoms with E-state index in [-0.39, 0.29) is 11.4 Å². The van der Waals surface area contributed by atoms with E-state index in [1.54, 1.807) is 11.0 Å². The molecule has 1 atom stereocenters. The van der Waals surface area contributed by atoms with Gasteiger partial charge in [0, 0.05) is 13.1 Å². The van der Waals surface area contributed by atoms with E-state index in [0.29, 0.717) is 31.4 Å². The Morgan fingerprint density at radius 3 is 2.50 bits per heavy atom. The smallest absolute Gasteiger partial charge is 0.290 e. The van der Waals surface area contributed by atoms with Crippen molar-refractivity contribution in [3.8, 4) is 5.75 Å². The van der Waals surface area contributed by atoms with Crippen LogP contribution in [0.1, 0.15) is 51.3 Å². The van der Waals surface area contributed by atoms with E-state index in [1.165, 1.54) is 6.08 Å². The maximum absolute atomic E-state index is 13.4. The molecule has 192 valence electrons. The number of rotatable bonds is 13. The molecule has 0 aliphatic carbocycles. The van der Waals surface area contributed by atoms with Crippen molar-refractivity contribution >= 4 is 17.8 Å². The number of carbonyl (C=O) groups is 2. The zero-order chi connectivity index (χ0) is 26.1. The van der Waals surface area contributed by atoms with Gasteiger partial charge in [-0.15, -0.1) is 0 Å². The number of aliphatic hydroxyl groups is 1. The number of likely N-dealkylation sites (N-methyl/N-ethyl adjacent to an activating group) is 1. The molecular formula is C30H38N2O4. The molecule has 0 spiro atoms. The van der Waals surface area contributed by atoms with Crippen molar-refractivity contribution in [3.63, 3.8) is 0 Å². The van der Waals surface area contributed by atoms with Crippen molar-refractivity contribution in [2.24, 2.45) is 5.92 Å². The highest BCUT2D eigenvalue weighted by Crippen LogP contribution is 2.39. The Balaban J connectivity index is 1.94. The lowest BCUT2D eigenvalue weighted by Crippen LogP contribution is -2.38. The molecule has 2 aromatic carbocycles. The molecule has 2 aromatic rings. The van der Waals surface area contributed by atoms with Gasteiger partial charge in [-0.25, -0.2) is 0 Å². The minimum absolute atomic E-state index is 0.103. The average Bonchev–Trinajstić information content (AvgIpc) is 3.13. The number of ketones is 1. The highest BCUT2D eigenvalue weighted by atomic mass is 16.5. The van der Waals surface area contributed by atoms with Crippen LogP contribution in [-0.4, -0.2) is 59.4 Å². The summed E-state index contributed by atoms with van der Waals surface area (Å²) in [5.74, 6) is -0.173. The second kappa shape index (κ2) is 13.1. The first-order chi connectivity index (χ1) is 17.3. The van der Waals surface area contributed by atoms with Crippen molar-refractivity contribution in [1.82, 2.24) is 9.80 Å². The van der Waals surface area contributed by atoms with Crippen LogP contribution in [0.2, 0.25) is 0 Å². The Morgan fingerprint density at radius 2 is 1.83 bits per heavy atom. The quantitative estimate of drug-likeness (QED) is 0.379. The summed E-state index contributed by atoms with van der Waals surface area (Å²) >= 11 is 0. The normalized spacial score (nSPS) is 16.1. The van der Waals surface area contributed by atoms with Crippen molar-refractivity contribution < 1.29 is 19.4 Å². The van der Waals surface area contributed by atoms with E-state index in [2.05, 4.69) is 32.6 Å². The van der Waals surface area contributed by atoms with Crippen molar-refractivity contribution in [3.05, 3.63) is 83.1 Å². The van der Waals surface area contributed by atoms with E-state index in [4.69, 9.17) is 4.74 Å². The van der Waals surface area contributed by atoms with E-state index in [0.717, 1.165) is 30.6 Å². The third-order valence-corrected chi connectivity index (χ3v) is 6.49. The first kappa shape index (κ1) is 27.2. The Kier molecular flexibility index (Phi) is 9.88. The summed E-state index contributed by atoms with van der Waals surface area (Å²) in [5, 5.41) is 10.9. The Hall–Kier alpha value is -3.38. The standard InChI is InChI=1S/C30H38N2O4/c1-5-31(6-2)18-19-32-28(24-13-10-14-25(21-24)36-20-17-22(3)4)27(29(34)30(32)35)26(33)16-15-23-11-8-7-9-12-23/h7-16,21-22,28,34H,5-6,17-20H2,1-4H3. The Bertz CT molecular complexity index is 1090. The van der Waals surface area contributed by atoms with E-state index in [1.807, 2.05) is 54.6 Å². The first-order valence-corrected chi connectivity index (χ1v) is 12.8. The van der Waals surface area contributed by atoms with Crippen LogP contribution in [0.15, 0.2) is 72.0 Å². The molecule has 3 rings (SSSR count).